The van der Waals surface area contributed by atoms with Crippen LogP contribution in [0.5, 0.6) is 0 Å². The van der Waals surface area contributed by atoms with E-state index in [0.717, 1.165) is 10.2 Å². The lowest BCUT2D eigenvalue weighted by molar-refractivity contribution is 0.272. The van der Waals surface area contributed by atoms with E-state index < -0.39 is 0 Å². The van der Waals surface area contributed by atoms with Crippen LogP contribution in [0.4, 0.5) is 0 Å². The number of hydrogen-bond donors (Lipinski definition) is 2. The summed E-state index contributed by atoms with van der Waals surface area (Å²) in [6.45, 7) is 6.37. The first-order valence-corrected chi connectivity index (χ1v) is 4.95. The minimum Gasteiger partial charge on any atom is -0.457 e. The maximum atomic E-state index is 5.51. The largest absolute Gasteiger partial charge is 0.457 e. The zero-order valence-corrected chi connectivity index (χ0v) is 9.68. The predicted octanol–water partition coefficient (Wildman–Crippen LogP) is 2.59. The molecule has 0 radical (unpaired) electrons. The van der Waals surface area contributed by atoms with E-state index in [0.29, 0.717) is 0 Å². The Bertz CT molecular complexity index is 277. The van der Waals surface area contributed by atoms with Crippen molar-refractivity contribution in [2.45, 2.75) is 26.8 Å². The van der Waals surface area contributed by atoms with Crippen molar-refractivity contribution in [2.75, 3.05) is 0 Å². The highest BCUT2D eigenvalue weighted by Crippen LogP contribution is 2.36. The normalized spacial score (nSPS) is 14.5. The van der Waals surface area contributed by atoms with Gasteiger partial charge in [0.2, 0.25) is 0 Å². The third-order valence-corrected chi connectivity index (χ3v) is 2.63. The van der Waals surface area contributed by atoms with Crippen LogP contribution in [0.1, 0.15) is 32.4 Å². The number of hydrazine groups is 1. The molecule has 0 saturated carbocycles. The molecule has 4 heteroatoms. The van der Waals surface area contributed by atoms with Crippen molar-refractivity contribution in [3.8, 4) is 0 Å². The molecule has 74 valence electrons. The molecule has 0 aliphatic carbocycles. The molecule has 1 atom stereocenters. The number of nitrogens with one attached hydrogen (secondary N) is 1. The fraction of sp³-hybridized carbons (Fsp3) is 0.556. The van der Waals surface area contributed by atoms with E-state index in [2.05, 4.69) is 42.1 Å². The van der Waals surface area contributed by atoms with Gasteiger partial charge in [-0.2, -0.15) is 0 Å². The first kappa shape index (κ1) is 10.8. The van der Waals surface area contributed by atoms with Crippen LogP contribution in [0.25, 0.3) is 0 Å². The maximum absolute atomic E-state index is 5.51. The number of furan rings is 1. The van der Waals surface area contributed by atoms with Gasteiger partial charge in [-0.15, -0.1) is 0 Å². The molecular formula is C9H15BrN2O. The van der Waals surface area contributed by atoms with Crippen molar-refractivity contribution < 1.29 is 4.42 Å². The van der Waals surface area contributed by atoms with Crippen LogP contribution in [0.15, 0.2) is 21.4 Å². The van der Waals surface area contributed by atoms with Crippen molar-refractivity contribution in [2.24, 2.45) is 11.3 Å². The van der Waals surface area contributed by atoms with Crippen LogP contribution in [0.3, 0.4) is 0 Å². The second-order valence-corrected chi connectivity index (χ2v) is 4.84. The highest BCUT2D eigenvalue weighted by Gasteiger charge is 2.27. The summed E-state index contributed by atoms with van der Waals surface area (Å²) in [6.07, 6.45) is 1.65. The van der Waals surface area contributed by atoms with Crippen LogP contribution in [-0.2, 0) is 0 Å². The van der Waals surface area contributed by atoms with Crippen LogP contribution in [0.2, 0.25) is 0 Å². The van der Waals surface area contributed by atoms with E-state index in [1.54, 1.807) is 6.26 Å². The summed E-state index contributed by atoms with van der Waals surface area (Å²) in [4.78, 5) is 0. The molecular weight excluding hydrogens is 232 g/mol. The minimum absolute atomic E-state index is 0.0567. The molecule has 3 N–H and O–H groups in total. The van der Waals surface area contributed by atoms with E-state index in [-0.39, 0.29) is 11.5 Å². The molecule has 1 aromatic heterocycles. The summed E-state index contributed by atoms with van der Waals surface area (Å²) in [5, 5.41) is 0. The molecule has 0 aromatic carbocycles. The third kappa shape index (κ3) is 2.33. The fourth-order valence-electron chi connectivity index (χ4n) is 1.32. The quantitative estimate of drug-likeness (QED) is 0.623. The van der Waals surface area contributed by atoms with Gasteiger partial charge in [0.15, 0.2) is 4.67 Å². The number of nitrogens with two attached hydrogens (primary N) is 1. The van der Waals surface area contributed by atoms with Gasteiger partial charge in [-0.25, -0.2) is 0 Å². The lowest BCUT2D eigenvalue weighted by Crippen LogP contribution is -2.36. The van der Waals surface area contributed by atoms with Crippen molar-refractivity contribution in [1.82, 2.24) is 5.43 Å². The maximum Gasteiger partial charge on any atom is 0.173 e. The lowest BCUT2D eigenvalue weighted by atomic mass is 9.84. The summed E-state index contributed by atoms with van der Waals surface area (Å²) in [5.74, 6) is 5.51. The van der Waals surface area contributed by atoms with Gasteiger partial charge in [0.1, 0.15) is 0 Å². The Morgan fingerprint density at radius 2 is 2.15 bits per heavy atom. The first-order valence-electron chi connectivity index (χ1n) is 4.16. The van der Waals surface area contributed by atoms with Crippen LogP contribution in [-0.4, -0.2) is 0 Å². The summed E-state index contributed by atoms with van der Waals surface area (Å²) in [7, 11) is 0. The Hall–Kier alpha value is -0.320. The standard InChI is InChI=1S/C9H15BrN2O/c1-9(2,3)7(12-11)6-4-5-13-8(6)10/h4-5,7,12H,11H2,1-3H3. The Balaban J connectivity index is 2.98. The zero-order chi connectivity index (χ0) is 10.1. The highest BCUT2D eigenvalue weighted by molar-refractivity contribution is 9.10. The topological polar surface area (TPSA) is 51.2 Å². The van der Waals surface area contributed by atoms with Gasteiger partial charge in [0.25, 0.3) is 0 Å². The molecule has 0 bridgehead atoms. The highest BCUT2D eigenvalue weighted by atomic mass is 79.9. The molecule has 1 aromatic rings. The predicted molar refractivity (Wildman–Crippen MR) is 55.9 cm³/mol. The van der Waals surface area contributed by atoms with Crippen molar-refractivity contribution in [3.63, 3.8) is 0 Å². The van der Waals surface area contributed by atoms with Crippen molar-refractivity contribution in [3.05, 3.63) is 22.6 Å². The van der Waals surface area contributed by atoms with Crippen LogP contribution in [0, 0.1) is 5.41 Å². The van der Waals surface area contributed by atoms with Gasteiger partial charge in [-0.05, 0) is 27.4 Å². The van der Waals surface area contributed by atoms with Crippen LogP contribution >= 0.6 is 15.9 Å². The second-order valence-electron chi connectivity index (χ2n) is 4.12. The van der Waals surface area contributed by atoms with Crippen molar-refractivity contribution in [1.29, 1.82) is 0 Å². The smallest absolute Gasteiger partial charge is 0.173 e. The first-order chi connectivity index (χ1) is 5.96. The Morgan fingerprint density at radius 1 is 1.54 bits per heavy atom. The van der Waals surface area contributed by atoms with E-state index in [1.807, 2.05) is 6.07 Å². The second kappa shape index (κ2) is 3.82. The van der Waals surface area contributed by atoms with E-state index in [9.17, 15) is 0 Å². The summed E-state index contributed by atoms with van der Waals surface area (Å²) in [5.41, 5.74) is 3.90. The van der Waals surface area contributed by atoms with Crippen LogP contribution < -0.4 is 11.3 Å². The van der Waals surface area contributed by atoms with Gasteiger partial charge in [-0.1, -0.05) is 20.8 Å². The average molecular weight is 247 g/mol. The molecule has 0 aliphatic rings. The van der Waals surface area contributed by atoms with Gasteiger partial charge in [0, 0.05) is 5.56 Å². The van der Waals surface area contributed by atoms with E-state index in [1.165, 1.54) is 0 Å². The number of rotatable bonds is 2. The molecule has 1 heterocycles. The molecule has 3 nitrogen and oxygen atoms in total. The molecule has 1 unspecified atom stereocenters. The minimum atomic E-state index is 0.0567. The Kier molecular flexibility index (Phi) is 3.16. The molecule has 0 aliphatic heterocycles. The molecule has 13 heavy (non-hydrogen) atoms. The number of hydrogen-bond acceptors (Lipinski definition) is 3. The molecule has 0 spiro atoms. The summed E-state index contributed by atoms with van der Waals surface area (Å²) >= 11 is 3.34. The van der Waals surface area contributed by atoms with Gasteiger partial charge >= 0.3 is 0 Å². The third-order valence-electron chi connectivity index (χ3n) is 1.99. The van der Waals surface area contributed by atoms with Crippen molar-refractivity contribution >= 4 is 15.9 Å². The van der Waals surface area contributed by atoms with Gasteiger partial charge < -0.3 is 4.42 Å². The number of halogens is 1. The SMILES string of the molecule is CC(C)(C)C(NN)c1ccoc1Br. The van der Waals surface area contributed by atoms with Gasteiger partial charge in [-0.3, -0.25) is 11.3 Å². The van der Waals surface area contributed by atoms with Gasteiger partial charge in [0.05, 0.1) is 12.3 Å². The molecule has 1 rings (SSSR count). The Morgan fingerprint density at radius 3 is 2.46 bits per heavy atom. The summed E-state index contributed by atoms with van der Waals surface area (Å²) in [6, 6.07) is 2.00. The van der Waals surface area contributed by atoms with E-state index in [4.69, 9.17) is 10.3 Å². The lowest BCUT2D eigenvalue weighted by Gasteiger charge is -2.29. The molecule has 0 saturated heterocycles. The monoisotopic (exact) mass is 246 g/mol. The average Bonchev–Trinajstić information content (AvgIpc) is 2.35. The Labute approximate surface area is 86.8 Å². The summed E-state index contributed by atoms with van der Waals surface area (Å²) < 4.78 is 5.90. The molecule has 0 fully saturated rings. The zero-order valence-electron chi connectivity index (χ0n) is 8.10. The fourth-order valence-corrected chi connectivity index (χ4v) is 1.79. The molecule has 0 amide bonds. The van der Waals surface area contributed by atoms with E-state index >= 15 is 0 Å².